The van der Waals surface area contributed by atoms with Crippen LogP contribution in [-0.4, -0.2) is 73.1 Å². The van der Waals surface area contributed by atoms with Crippen molar-refractivity contribution >= 4 is 17.2 Å². The Labute approximate surface area is 182 Å². The van der Waals surface area contributed by atoms with Crippen molar-refractivity contribution in [3.8, 4) is 11.5 Å². The highest BCUT2D eigenvalue weighted by atomic mass is 32.1. The van der Waals surface area contributed by atoms with Crippen molar-refractivity contribution in [3.63, 3.8) is 0 Å². The number of carbonyl (C=O) groups is 1. The average Bonchev–Trinajstić information content (AvgIpc) is 3.46. The maximum Gasteiger partial charge on any atom is 0.236 e. The van der Waals surface area contributed by atoms with Crippen LogP contribution in [0.3, 0.4) is 0 Å². The first kappa shape index (κ1) is 19.8. The second-order valence-corrected chi connectivity index (χ2v) is 9.30. The molecule has 7 heteroatoms. The third-order valence-corrected chi connectivity index (χ3v) is 7.20. The van der Waals surface area contributed by atoms with Gasteiger partial charge in [-0.3, -0.25) is 14.6 Å². The molecule has 160 valence electrons. The third-order valence-electron chi connectivity index (χ3n) is 6.34. The molecule has 0 N–H and O–H groups in total. The van der Waals surface area contributed by atoms with Crippen LogP contribution in [0.4, 0.5) is 0 Å². The SMILES string of the molecule is O=C(CN1CCCC1c1ccc2c(c1)OCCO2)N1CCN(Cc2cccs2)CC1. The number of likely N-dealkylation sites (tertiary alicyclic amines) is 1. The van der Waals surface area contributed by atoms with Gasteiger partial charge < -0.3 is 14.4 Å². The molecular formula is C23H29N3O3S. The van der Waals surface area contributed by atoms with Gasteiger partial charge in [0, 0.05) is 43.6 Å². The summed E-state index contributed by atoms with van der Waals surface area (Å²) in [6.45, 7) is 7.24. The normalized spacial score (nSPS) is 22.4. The molecule has 1 atom stereocenters. The molecule has 0 radical (unpaired) electrons. The van der Waals surface area contributed by atoms with E-state index in [1.54, 1.807) is 11.3 Å². The van der Waals surface area contributed by atoms with E-state index in [9.17, 15) is 4.79 Å². The Hall–Kier alpha value is -2.09. The fraction of sp³-hybridized carbons (Fsp3) is 0.522. The van der Waals surface area contributed by atoms with E-state index in [1.807, 2.05) is 11.0 Å². The van der Waals surface area contributed by atoms with Gasteiger partial charge in [-0.1, -0.05) is 12.1 Å². The van der Waals surface area contributed by atoms with E-state index in [0.29, 0.717) is 19.8 Å². The molecule has 0 bridgehead atoms. The van der Waals surface area contributed by atoms with E-state index in [4.69, 9.17) is 9.47 Å². The zero-order valence-electron chi connectivity index (χ0n) is 17.3. The van der Waals surface area contributed by atoms with Gasteiger partial charge in [0.2, 0.25) is 5.91 Å². The summed E-state index contributed by atoms with van der Waals surface area (Å²) in [7, 11) is 0. The Balaban J connectivity index is 1.17. The van der Waals surface area contributed by atoms with E-state index in [0.717, 1.165) is 63.6 Å². The number of thiophene rings is 1. The lowest BCUT2D eigenvalue weighted by atomic mass is 10.0. The van der Waals surface area contributed by atoms with E-state index in [2.05, 4.69) is 39.4 Å². The van der Waals surface area contributed by atoms with Crippen LogP contribution in [0, 0.1) is 0 Å². The second kappa shape index (κ2) is 8.96. The zero-order valence-corrected chi connectivity index (χ0v) is 18.1. The summed E-state index contributed by atoms with van der Waals surface area (Å²) in [5.74, 6) is 1.92. The number of piperazine rings is 1. The van der Waals surface area contributed by atoms with Crippen LogP contribution in [0.1, 0.15) is 29.3 Å². The van der Waals surface area contributed by atoms with Crippen LogP contribution < -0.4 is 9.47 Å². The van der Waals surface area contributed by atoms with Crippen LogP contribution in [0.2, 0.25) is 0 Å². The zero-order chi connectivity index (χ0) is 20.3. The van der Waals surface area contributed by atoms with Gasteiger partial charge in [-0.25, -0.2) is 0 Å². The van der Waals surface area contributed by atoms with Crippen LogP contribution >= 0.6 is 11.3 Å². The summed E-state index contributed by atoms with van der Waals surface area (Å²) in [6, 6.07) is 10.8. The van der Waals surface area contributed by atoms with E-state index in [-0.39, 0.29) is 11.9 Å². The standard InChI is InChI=1S/C23H29N3O3S/c27-23(25-10-8-24(9-11-25)16-19-3-2-14-30-19)17-26-7-1-4-20(26)18-5-6-21-22(15-18)29-13-12-28-21/h2-3,5-6,14-15,20H,1,4,7-13,16-17H2. The van der Waals surface area contributed by atoms with Crippen molar-refractivity contribution in [1.29, 1.82) is 0 Å². The number of benzene rings is 1. The van der Waals surface area contributed by atoms with Crippen molar-refractivity contribution in [2.45, 2.75) is 25.4 Å². The number of nitrogens with zero attached hydrogens (tertiary/aromatic N) is 3. The number of hydrogen-bond acceptors (Lipinski definition) is 6. The Morgan fingerprint density at radius 2 is 1.87 bits per heavy atom. The van der Waals surface area contributed by atoms with Crippen LogP contribution in [0.15, 0.2) is 35.7 Å². The molecule has 1 unspecified atom stereocenters. The summed E-state index contributed by atoms with van der Waals surface area (Å²) < 4.78 is 11.4. The predicted octanol–water partition coefficient (Wildman–Crippen LogP) is 3.00. The molecule has 3 aliphatic heterocycles. The lowest BCUT2D eigenvalue weighted by Gasteiger charge is -2.36. The largest absolute Gasteiger partial charge is 0.486 e. The minimum atomic E-state index is 0.259. The first-order chi connectivity index (χ1) is 14.8. The lowest BCUT2D eigenvalue weighted by molar-refractivity contribution is -0.134. The van der Waals surface area contributed by atoms with Gasteiger partial charge in [0.05, 0.1) is 6.54 Å². The van der Waals surface area contributed by atoms with Crippen molar-refractivity contribution in [2.24, 2.45) is 0 Å². The molecule has 2 aromatic rings. The maximum absolute atomic E-state index is 13.0. The molecule has 1 aromatic carbocycles. The fourth-order valence-corrected chi connectivity index (χ4v) is 5.46. The minimum absolute atomic E-state index is 0.259. The average molecular weight is 428 g/mol. The van der Waals surface area contributed by atoms with Crippen molar-refractivity contribution in [3.05, 3.63) is 46.2 Å². The highest BCUT2D eigenvalue weighted by Crippen LogP contribution is 2.38. The number of hydrogen-bond donors (Lipinski definition) is 0. The van der Waals surface area contributed by atoms with Gasteiger partial charge in [-0.2, -0.15) is 0 Å². The molecule has 1 aromatic heterocycles. The molecule has 5 rings (SSSR count). The number of fused-ring (bicyclic) bond motifs is 1. The first-order valence-corrected chi connectivity index (χ1v) is 11.8. The molecule has 2 fully saturated rings. The highest BCUT2D eigenvalue weighted by Gasteiger charge is 2.31. The minimum Gasteiger partial charge on any atom is -0.486 e. The monoisotopic (exact) mass is 427 g/mol. The topological polar surface area (TPSA) is 45.3 Å². The third kappa shape index (κ3) is 4.33. The van der Waals surface area contributed by atoms with Crippen molar-refractivity contribution in [1.82, 2.24) is 14.7 Å². The van der Waals surface area contributed by atoms with Crippen LogP contribution in [0.25, 0.3) is 0 Å². The van der Waals surface area contributed by atoms with Gasteiger partial charge in [-0.05, 0) is 48.5 Å². The van der Waals surface area contributed by atoms with Crippen molar-refractivity contribution < 1.29 is 14.3 Å². The molecule has 3 aliphatic rings. The Bertz CT molecular complexity index is 865. The molecule has 6 nitrogen and oxygen atoms in total. The predicted molar refractivity (Wildman–Crippen MR) is 117 cm³/mol. The van der Waals surface area contributed by atoms with Gasteiger partial charge >= 0.3 is 0 Å². The molecule has 0 spiro atoms. The molecule has 0 saturated carbocycles. The maximum atomic E-state index is 13.0. The fourth-order valence-electron chi connectivity index (χ4n) is 4.71. The smallest absolute Gasteiger partial charge is 0.236 e. The summed E-state index contributed by atoms with van der Waals surface area (Å²) in [4.78, 5) is 21.2. The lowest BCUT2D eigenvalue weighted by Crippen LogP contribution is -2.50. The number of amides is 1. The van der Waals surface area contributed by atoms with Crippen LogP contribution in [0.5, 0.6) is 11.5 Å². The summed E-state index contributed by atoms with van der Waals surface area (Å²) in [5, 5.41) is 2.13. The summed E-state index contributed by atoms with van der Waals surface area (Å²) in [5.41, 5.74) is 1.23. The molecule has 0 aliphatic carbocycles. The van der Waals surface area contributed by atoms with E-state index >= 15 is 0 Å². The quantitative estimate of drug-likeness (QED) is 0.734. The summed E-state index contributed by atoms with van der Waals surface area (Å²) in [6.07, 6.45) is 2.21. The Kier molecular flexibility index (Phi) is 5.93. The number of rotatable bonds is 5. The molecule has 30 heavy (non-hydrogen) atoms. The second-order valence-electron chi connectivity index (χ2n) is 8.27. The first-order valence-electron chi connectivity index (χ1n) is 10.9. The molecule has 4 heterocycles. The van der Waals surface area contributed by atoms with Gasteiger partial charge in [0.25, 0.3) is 0 Å². The highest BCUT2D eigenvalue weighted by molar-refractivity contribution is 7.09. The van der Waals surface area contributed by atoms with E-state index in [1.165, 1.54) is 10.4 Å². The van der Waals surface area contributed by atoms with Gasteiger partial charge in [0.15, 0.2) is 11.5 Å². The van der Waals surface area contributed by atoms with Gasteiger partial charge in [-0.15, -0.1) is 11.3 Å². The summed E-state index contributed by atoms with van der Waals surface area (Å²) >= 11 is 1.81. The van der Waals surface area contributed by atoms with Crippen LogP contribution in [-0.2, 0) is 11.3 Å². The van der Waals surface area contributed by atoms with Crippen molar-refractivity contribution in [2.75, 3.05) is 52.5 Å². The number of ether oxygens (including phenoxy) is 2. The molecule has 1 amide bonds. The van der Waals surface area contributed by atoms with E-state index < -0.39 is 0 Å². The van der Waals surface area contributed by atoms with Gasteiger partial charge in [0.1, 0.15) is 13.2 Å². The number of carbonyl (C=O) groups excluding carboxylic acids is 1. The Morgan fingerprint density at radius 1 is 1.03 bits per heavy atom. The Morgan fingerprint density at radius 3 is 2.67 bits per heavy atom. The molecular weight excluding hydrogens is 398 g/mol. The molecule has 2 saturated heterocycles.